The Balaban J connectivity index is 1.47. The Labute approximate surface area is 401 Å². The van der Waals surface area contributed by atoms with Crippen LogP contribution in [0.2, 0.25) is 0 Å². The molecular formula is C44H49N5O15S5. The van der Waals surface area contributed by atoms with Gasteiger partial charge in [0.2, 0.25) is 15.7 Å². The third-order valence-electron chi connectivity index (χ3n) is 11.8. The van der Waals surface area contributed by atoms with E-state index in [0.29, 0.717) is 50.7 Å². The Morgan fingerprint density at radius 2 is 1.39 bits per heavy atom. The molecule has 69 heavy (non-hydrogen) atoms. The van der Waals surface area contributed by atoms with Gasteiger partial charge in [-0.1, -0.05) is 32.1 Å². The fourth-order valence-corrected chi connectivity index (χ4v) is 10.8. The van der Waals surface area contributed by atoms with Crippen molar-refractivity contribution in [1.29, 1.82) is 0 Å². The van der Waals surface area contributed by atoms with Gasteiger partial charge in [-0.2, -0.15) is 29.8 Å². The lowest BCUT2D eigenvalue weighted by molar-refractivity contribution is -0.437. The standard InChI is InChI=1S/C44H49N5O15S5/c1-43(2)35-25-33(68(59,60)61)14-17-38(35)48(21-5-23-65(51,52)53)40(43)19-10-30(37-16-9-31(28-46-37)42(50)47-27-29-7-12-32(13-8-29)67(45,57)58)11-20-41-44(3,4)36-26-34(69(62,63)64)15-18-39(36)49(41)22-6-24-66(54,55)56/h7-20,25-26,28H,5-6,21-24,27H2,1-4H3,(H6-,45,47,50,51,52,53,54,55,56,57,58,59,60,61,62,63,64). The van der Waals surface area contributed by atoms with Crippen LogP contribution in [0.5, 0.6) is 0 Å². The first-order valence-corrected chi connectivity index (χ1v) is 28.4. The molecule has 370 valence electrons. The van der Waals surface area contributed by atoms with Crippen LogP contribution in [0, 0.1) is 0 Å². The average molecular weight is 1050 g/mol. The number of fused-ring (bicyclic) bond motifs is 2. The summed E-state index contributed by atoms with van der Waals surface area (Å²) in [6.07, 6.45) is 7.84. The molecule has 0 fully saturated rings. The van der Waals surface area contributed by atoms with Crippen LogP contribution >= 0.6 is 0 Å². The van der Waals surface area contributed by atoms with Crippen LogP contribution in [-0.4, -0.2) is 106 Å². The zero-order chi connectivity index (χ0) is 51.1. The van der Waals surface area contributed by atoms with Gasteiger partial charge in [-0.15, -0.1) is 0 Å². The summed E-state index contributed by atoms with van der Waals surface area (Å²) in [5, 5.41) is 7.92. The SMILES string of the molecule is CC1(C)C(=CC=C(C=CC2=[N+](CCCS(=O)(=O)[O-])c3ccc(S(=O)(=O)O)cc3C2(C)C)c2ccc(C(=O)NCc3ccc(S(N)(=O)=O)cc3)cn2)N(CCCS(=O)(=O)O)c2ccc(S(=O)(=O)O)cc21. The molecule has 0 saturated heterocycles. The van der Waals surface area contributed by atoms with Gasteiger partial charge in [0.1, 0.15) is 6.54 Å². The number of benzene rings is 3. The molecule has 0 aliphatic carbocycles. The number of nitrogens with two attached hydrogens (primary N) is 1. The maximum Gasteiger partial charge on any atom is 0.294 e. The van der Waals surface area contributed by atoms with Gasteiger partial charge in [-0.05, 0) is 98.1 Å². The quantitative estimate of drug-likeness (QED) is 0.0533. The van der Waals surface area contributed by atoms with E-state index in [1.807, 2.05) is 0 Å². The summed E-state index contributed by atoms with van der Waals surface area (Å²) >= 11 is 0. The molecule has 2 aliphatic heterocycles. The number of carbonyl (C=O) groups is 1. The third kappa shape index (κ3) is 12.5. The highest BCUT2D eigenvalue weighted by atomic mass is 32.2. The number of pyridine rings is 1. The molecule has 25 heteroatoms. The van der Waals surface area contributed by atoms with E-state index in [1.165, 1.54) is 72.9 Å². The predicted octanol–water partition coefficient (Wildman–Crippen LogP) is 4.06. The fourth-order valence-electron chi connectivity index (χ4n) is 8.26. The minimum atomic E-state index is -4.65. The molecule has 0 saturated carbocycles. The minimum Gasteiger partial charge on any atom is -0.748 e. The lowest BCUT2D eigenvalue weighted by Crippen LogP contribution is -2.28. The normalized spacial score (nSPS) is 16.9. The van der Waals surface area contributed by atoms with E-state index in [0.717, 1.165) is 0 Å². The van der Waals surface area contributed by atoms with E-state index in [9.17, 15) is 65.1 Å². The lowest BCUT2D eigenvalue weighted by Gasteiger charge is -2.27. The van der Waals surface area contributed by atoms with Gasteiger partial charge in [0, 0.05) is 71.5 Å². The number of nitrogens with zero attached hydrogens (tertiary/aromatic N) is 3. The van der Waals surface area contributed by atoms with Crippen molar-refractivity contribution in [3.05, 3.63) is 137 Å². The molecule has 3 heterocycles. The summed E-state index contributed by atoms with van der Waals surface area (Å²) in [7, 11) is -22.2. The van der Waals surface area contributed by atoms with Crippen molar-refractivity contribution < 1.29 is 69.7 Å². The largest absolute Gasteiger partial charge is 0.748 e. The lowest BCUT2D eigenvalue weighted by atomic mass is 9.81. The van der Waals surface area contributed by atoms with Crippen LogP contribution in [-0.2, 0) is 67.9 Å². The maximum atomic E-state index is 13.3. The van der Waals surface area contributed by atoms with Crippen molar-refractivity contribution in [3.8, 4) is 0 Å². The average Bonchev–Trinajstić information content (AvgIpc) is 3.58. The van der Waals surface area contributed by atoms with Gasteiger partial charge < -0.3 is 14.8 Å². The van der Waals surface area contributed by atoms with Crippen molar-refractivity contribution in [2.24, 2.45) is 5.14 Å². The number of hydrogen-bond acceptors (Lipinski definition) is 14. The van der Waals surface area contributed by atoms with Gasteiger partial charge in [0.05, 0.1) is 47.2 Å². The van der Waals surface area contributed by atoms with Gasteiger partial charge in [0.15, 0.2) is 5.71 Å². The van der Waals surface area contributed by atoms with Crippen molar-refractivity contribution in [2.75, 3.05) is 29.5 Å². The number of sulfonamides is 1. The molecular weight excluding hydrogens is 999 g/mol. The number of nitrogens with one attached hydrogen (secondary N) is 1. The second-order valence-corrected chi connectivity index (χ2v) is 24.8. The van der Waals surface area contributed by atoms with Gasteiger partial charge in [-0.3, -0.25) is 23.4 Å². The summed E-state index contributed by atoms with van der Waals surface area (Å²) in [6.45, 7) is 7.18. The Morgan fingerprint density at radius 1 is 0.783 bits per heavy atom. The summed E-state index contributed by atoms with van der Waals surface area (Å²) in [4.78, 5) is 18.8. The van der Waals surface area contributed by atoms with Crippen LogP contribution in [0.25, 0.3) is 5.57 Å². The Morgan fingerprint density at radius 3 is 1.96 bits per heavy atom. The van der Waals surface area contributed by atoms with Crippen molar-refractivity contribution >= 4 is 79.1 Å². The molecule has 6 N–H and O–H groups in total. The van der Waals surface area contributed by atoms with Crippen molar-refractivity contribution in [1.82, 2.24) is 10.3 Å². The van der Waals surface area contributed by atoms with E-state index in [-0.39, 0.29) is 52.7 Å². The molecule has 4 aromatic rings. The topological polar surface area (TPSA) is 329 Å². The molecule has 6 rings (SSSR count). The van der Waals surface area contributed by atoms with Crippen molar-refractivity contribution in [3.63, 3.8) is 0 Å². The van der Waals surface area contributed by atoms with Crippen LogP contribution in [0.3, 0.4) is 0 Å². The van der Waals surface area contributed by atoms with E-state index < -0.39 is 78.7 Å². The number of anilines is 1. The molecule has 3 aromatic carbocycles. The molecule has 0 bridgehead atoms. The van der Waals surface area contributed by atoms with Crippen LogP contribution in [0.15, 0.2) is 124 Å². The second kappa shape index (κ2) is 19.4. The number of allylic oxidation sites excluding steroid dienone is 6. The second-order valence-electron chi connectivity index (χ2n) is 17.3. The van der Waals surface area contributed by atoms with E-state index >= 15 is 0 Å². The number of aromatic nitrogens is 1. The third-order valence-corrected chi connectivity index (χ3v) is 16.0. The molecule has 0 spiro atoms. The summed E-state index contributed by atoms with van der Waals surface area (Å²) < 4.78 is 162. The first-order valence-electron chi connectivity index (χ1n) is 20.8. The summed E-state index contributed by atoms with van der Waals surface area (Å²) in [5.74, 6) is -1.81. The number of hydrogen-bond donors (Lipinski definition) is 5. The number of primary sulfonamides is 1. The van der Waals surface area contributed by atoms with E-state index in [1.54, 1.807) is 67.5 Å². The Hall–Kier alpha value is -5.48. The predicted molar refractivity (Wildman–Crippen MR) is 254 cm³/mol. The smallest absolute Gasteiger partial charge is 0.294 e. The molecule has 2 aliphatic rings. The first kappa shape index (κ1) is 52.9. The van der Waals surface area contributed by atoms with E-state index in [2.05, 4.69) is 10.3 Å². The van der Waals surface area contributed by atoms with Gasteiger partial charge in [-0.25, -0.2) is 22.0 Å². The maximum absolute atomic E-state index is 13.3. The zero-order valence-electron chi connectivity index (χ0n) is 37.5. The highest BCUT2D eigenvalue weighted by molar-refractivity contribution is 7.89. The Kier molecular flexibility index (Phi) is 14.8. The van der Waals surface area contributed by atoms with Crippen LogP contribution in [0.4, 0.5) is 11.4 Å². The zero-order valence-corrected chi connectivity index (χ0v) is 41.5. The highest BCUT2D eigenvalue weighted by Crippen LogP contribution is 2.49. The molecule has 1 amide bonds. The first-order chi connectivity index (χ1) is 31.8. The summed E-state index contributed by atoms with van der Waals surface area (Å²) in [6, 6.07) is 16.6. The molecule has 20 nitrogen and oxygen atoms in total. The summed E-state index contributed by atoms with van der Waals surface area (Å²) in [5.41, 5.74) is 2.33. The van der Waals surface area contributed by atoms with Gasteiger partial charge in [0.25, 0.3) is 36.3 Å². The monoisotopic (exact) mass is 1050 g/mol. The van der Waals surface area contributed by atoms with Crippen LogP contribution in [0.1, 0.15) is 73.3 Å². The number of rotatable bonds is 18. The molecule has 0 unspecified atom stereocenters. The van der Waals surface area contributed by atoms with Crippen molar-refractivity contribution in [2.45, 2.75) is 72.6 Å². The molecule has 0 radical (unpaired) electrons. The fraction of sp³-hybridized carbons (Fsp3) is 0.295. The Bertz CT molecular complexity index is 3420. The molecule has 0 atom stereocenters. The van der Waals surface area contributed by atoms with E-state index in [4.69, 9.17) is 5.14 Å². The highest BCUT2D eigenvalue weighted by Gasteiger charge is 2.45. The minimum absolute atomic E-state index is 0.000726. The number of carbonyl (C=O) groups excluding carboxylic acids is 1. The number of amides is 1. The van der Waals surface area contributed by atoms with Gasteiger partial charge >= 0.3 is 0 Å². The molecule has 1 aromatic heterocycles. The van der Waals surface area contributed by atoms with Crippen LogP contribution < -0.4 is 15.4 Å².